The van der Waals surface area contributed by atoms with Crippen molar-refractivity contribution in [2.45, 2.75) is 157 Å². The smallest absolute Gasteiger partial charge is 0.164 e. The lowest BCUT2D eigenvalue weighted by molar-refractivity contribution is 0.568. The van der Waals surface area contributed by atoms with Gasteiger partial charge in [0.2, 0.25) is 0 Å². The quantitative estimate of drug-likeness (QED) is 0.159. The maximum Gasteiger partial charge on any atom is 0.164 e. The van der Waals surface area contributed by atoms with Crippen LogP contribution >= 0.6 is 0 Å². The number of nitrogens with zero attached hydrogens (tertiary/aromatic N) is 6. The Bertz CT molecular complexity index is 3640. The molecule has 6 nitrogen and oxygen atoms in total. The molecule has 0 bridgehead atoms. The summed E-state index contributed by atoms with van der Waals surface area (Å²) in [5, 5.41) is 2.41. The number of rotatable bonds is 7. The van der Waals surface area contributed by atoms with Gasteiger partial charge in [0.15, 0.2) is 23.3 Å². The van der Waals surface area contributed by atoms with Crippen LogP contribution in [0.5, 0.6) is 0 Å². The number of fused-ring (bicyclic) bond motifs is 3. The van der Waals surface area contributed by atoms with E-state index in [1.807, 2.05) is 12.1 Å². The van der Waals surface area contributed by atoms with Crippen LogP contribution in [0.1, 0.15) is 158 Å². The van der Waals surface area contributed by atoms with Crippen molar-refractivity contribution in [2.24, 2.45) is 0 Å². The van der Waals surface area contributed by atoms with Crippen molar-refractivity contribution in [3.63, 3.8) is 0 Å². The normalized spacial score (nSPS) is 12.9. The molecule has 0 spiro atoms. The summed E-state index contributed by atoms with van der Waals surface area (Å²) in [6.45, 7) is 41.1. The van der Waals surface area contributed by atoms with Gasteiger partial charge in [-0.1, -0.05) is 210 Å². The molecule has 10 aromatic rings. The predicted octanol–water partition coefficient (Wildman–Crippen LogP) is 19.5. The summed E-state index contributed by atoms with van der Waals surface area (Å²) in [5.74, 6) is 2.42. The molecule has 7 aromatic carbocycles. The Morgan fingerprint density at radius 2 is 0.620 bits per heavy atom. The van der Waals surface area contributed by atoms with Gasteiger partial charge in [-0.05, 0) is 139 Å². The third-order valence-corrected chi connectivity index (χ3v) is 15.6. The van der Waals surface area contributed by atoms with Gasteiger partial charge >= 0.3 is 0 Å². The molecule has 402 valence electrons. The molecule has 0 aliphatic carbocycles. The van der Waals surface area contributed by atoms with E-state index in [1.54, 1.807) is 0 Å². The first kappa shape index (κ1) is 54.8. The molecule has 0 saturated carbocycles. The van der Waals surface area contributed by atoms with Gasteiger partial charge in [0.05, 0.1) is 28.1 Å². The fourth-order valence-corrected chi connectivity index (χ4v) is 10.4. The Balaban J connectivity index is 1.32. The van der Waals surface area contributed by atoms with Gasteiger partial charge in [-0.2, -0.15) is 0 Å². The average molecular weight is 1040 g/mol. The topological polar surface area (TPSA) is 69.4 Å². The maximum atomic E-state index is 5.54. The standard InChI is InChI=1S/C73H80N6/c1-68(2,3)50-30-33-61-56(42-50)57-43-51(69(4,5)6)31-34-62(57)79(61)63-32-29-47(39-58(63)67-74-59(45-25-21-19-22-26-45)44-60(75-67)46-27-23-20-24-28-46)64-76-65(48-35-52(70(7,8)9)40-53(36-48)71(10,11)12)78-66(77-64)49-37-54(72(13,14)15)41-55(38-49)73(16,17)18/h19-44H,1-18H3. The van der Waals surface area contributed by atoms with E-state index in [-0.39, 0.29) is 32.5 Å². The fraction of sp³-hybridized carbons (Fsp3) is 0.329. The van der Waals surface area contributed by atoms with Gasteiger partial charge in [0, 0.05) is 44.2 Å². The Morgan fingerprint density at radius 3 is 0.975 bits per heavy atom. The Morgan fingerprint density at radius 1 is 0.266 bits per heavy atom. The van der Waals surface area contributed by atoms with Crippen LogP contribution in [-0.2, 0) is 32.5 Å². The maximum absolute atomic E-state index is 5.54. The van der Waals surface area contributed by atoms with Crippen LogP contribution in [0.25, 0.3) is 95.6 Å². The van der Waals surface area contributed by atoms with E-state index in [9.17, 15) is 0 Å². The molecule has 0 radical (unpaired) electrons. The molecule has 10 rings (SSSR count). The Labute approximate surface area is 470 Å². The first-order chi connectivity index (χ1) is 36.9. The van der Waals surface area contributed by atoms with Crippen molar-refractivity contribution in [2.75, 3.05) is 0 Å². The average Bonchev–Trinajstić information content (AvgIpc) is 3.95. The number of hydrogen-bond donors (Lipinski definition) is 0. The second-order valence-electron chi connectivity index (χ2n) is 28.1. The molecule has 3 heterocycles. The zero-order chi connectivity index (χ0) is 56.8. The molecule has 0 saturated heterocycles. The van der Waals surface area contributed by atoms with E-state index in [4.69, 9.17) is 24.9 Å². The summed E-state index contributed by atoms with van der Waals surface area (Å²) in [5.41, 5.74) is 17.4. The van der Waals surface area contributed by atoms with Gasteiger partial charge in [0.25, 0.3) is 0 Å². The lowest BCUT2D eigenvalue weighted by atomic mass is 9.79. The van der Waals surface area contributed by atoms with Gasteiger partial charge in [0.1, 0.15) is 0 Å². The van der Waals surface area contributed by atoms with Crippen LogP contribution in [0.4, 0.5) is 0 Å². The van der Waals surface area contributed by atoms with Crippen LogP contribution < -0.4 is 0 Å². The van der Waals surface area contributed by atoms with E-state index in [0.29, 0.717) is 23.3 Å². The second kappa shape index (κ2) is 19.7. The third-order valence-electron chi connectivity index (χ3n) is 15.6. The number of aromatic nitrogens is 6. The molecule has 0 fully saturated rings. The van der Waals surface area contributed by atoms with Crippen molar-refractivity contribution in [1.29, 1.82) is 0 Å². The van der Waals surface area contributed by atoms with Crippen LogP contribution in [0, 0.1) is 0 Å². The highest BCUT2D eigenvalue weighted by molar-refractivity contribution is 6.10. The summed E-state index contributed by atoms with van der Waals surface area (Å²) >= 11 is 0. The summed E-state index contributed by atoms with van der Waals surface area (Å²) in [6, 6.07) is 57.5. The molecular formula is C73H80N6. The van der Waals surface area contributed by atoms with Crippen LogP contribution in [-0.4, -0.2) is 29.5 Å². The lowest BCUT2D eigenvalue weighted by Crippen LogP contribution is -2.17. The molecule has 0 unspecified atom stereocenters. The molecular weight excluding hydrogens is 961 g/mol. The highest BCUT2D eigenvalue weighted by Gasteiger charge is 2.28. The van der Waals surface area contributed by atoms with Gasteiger partial charge in [-0.25, -0.2) is 24.9 Å². The van der Waals surface area contributed by atoms with Crippen LogP contribution in [0.2, 0.25) is 0 Å². The van der Waals surface area contributed by atoms with Crippen molar-refractivity contribution in [3.05, 3.63) is 191 Å². The minimum Gasteiger partial charge on any atom is -0.309 e. The number of benzene rings is 7. The largest absolute Gasteiger partial charge is 0.309 e. The first-order valence-corrected chi connectivity index (χ1v) is 28.2. The molecule has 6 heteroatoms. The van der Waals surface area contributed by atoms with E-state index in [2.05, 4.69) is 275 Å². The van der Waals surface area contributed by atoms with Crippen molar-refractivity contribution in [3.8, 4) is 73.8 Å². The molecule has 0 amide bonds. The highest BCUT2D eigenvalue weighted by atomic mass is 15.0. The zero-order valence-corrected chi connectivity index (χ0v) is 50.2. The zero-order valence-electron chi connectivity index (χ0n) is 50.2. The monoisotopic (exact) mass is 1040 g/mol. The molecule has 79 heavy (non-hydrogen) atoms. The third kappa shape index (κ3) is 11.2. The van der Waals surface area contributed by atoms with Gasteiger partial charge in [-0.3, -0.25) is 0 Å². The molecule has 0 aliphatic heterocycles. The molecule has 0 N–H and O–H groups in total. The van der Waals surface area contributed by atoms with Gasteiger partial charge < -0.3 is 4.57 Å². The lowest BCUT2D eigenvalue weighted by Gasteiger charge is -2.26. The Kier molecular flexibility index (Phi) is 13.6. The van der Waals surface area contributed by atoms with E-state index in [1.165, 1.54) is 44.2 Å². The predicted molar refractivity (Wildman–Crippen MR) is 335 cm³/mol. The molecule has 0 aliphatic rings. The second-order valence-corrected chi connectivity index (χ2v) is 28.1. The SMILES string of the molecule is CC(C)(C)c1cc(-c2nc(-c3cc(C(C)(C)C)cc(C(C)(C)C)c3)nc(-c3ccc(-n4c5ccc(C(C)(C)C)cc5c5cc(C(C)(C)C)ccc54)c(-c4nc(-c5ccccc5)cc(-c5ccccc5)n4)c3)n2)cc(C(C)(C)C)c1. The van der Waals surface area contributed by atoms with Crippen molar-refractivity contribution < 1.29 is 0 Å². The minimum absolute atomic E-state index is 0.0520. The highest BCUT2D eigenvalue weighted by Crippen LogP contribution is 2.43. The number of hydrogen-bond acceptors (Lipinski definition) is 5. The van der Waals surface area contributed by atoms with Crippen LogP contribution in [0.15, 0.2) is 158 Å². The summed E-state index contributed by atoms with van der Waals surface area (Å²) in [7, 11) is 0. The van der Waals surface area contributed by atoms with E-state index < -0.39 is 0 Å². The van der Waals surface area contributed by atoms with Crippen molar-refractivity contribution in [1.82, 2.24) is 29.5 Å². The summed E-state index contributed by atoms with van der Waals surface area (Å²) in [4.78, 5) is 27.7. The van der Waals surface area contributed by atoms with Crippen molar-refractivity contribution >= 4 is 21.8 Å². The van der Waals surface area contributed by atoms with E-state index in [0.717, 1.165) is 61.5 Å². The van der Waals surface area contributed by atoms with Gasteiger partial charge in [-0.15, -0.1) is 0 Å². The molecule has 0 atom stereocenters. The Hall–Kier alpha value is -7.57. The summed E-state index contributed by atoms with van der Waals surface area (Å²) < 4.78 is 2.42. The fourth-order valence-electron chi connectivity index (χ4n) is 10.4. The van der Waals surface area contributed by atoms with Crippen LogP contribution in [0.3, 0.4) is 0 Å². The molecule has 3 aromatic heterocycles. The first-order valence-electron chi connectivity index (χ1n) is 28.2. The minimum atomic E-state index is -0.121. The summed E-state index contributed by atoms with van der Waals surface area (Å²) in [6.07, 6.45) is 0. The van der Waals surface area contributed by atoms with E-state index >= 15 is 0 Å².